The van der Waals surface area contributed by atoms with E-state index in [1.807, 2.05) is 20.8 Å². The molecule has 1 fully saturated rings. The van der Waals surface area contributed by atoms with Crippen LogP contribution in [0.5, 0.6) is 5.75 Å². The Kier molecular flexibility index (Phi) is 6.07. The van der Waals surface area contributed by atoms with Crippen molar-refractivity contribution < 1.29 is 28.7 Å². The topological polar surface area (TPSA) is 108 Å². The molecule has 0 spiro atoms. The number of hydrogen-bond donors (Lipinski definition) is 0. The maximum absolute atomic E-state index is 12.5. The van der Waals surface area contributed by atoms with E-state index >= 15 is 0 Å². The Bertz CT molecular complexity index is 808. The maximum atomic E-state index is 12.5. The van der Waals surface area contributed by atoms with E-state index in [2.05, 4.69) is 0 Å². The highest BCUT2D eigenvalue weighted by molar-refractivity contribution is 5.82. The fourth-order valence-corrected chi connectivity index (χ4v) is 3.55. The van der Waals surface area contributed by atoms with Crippen LogP contribution in [0.2, 0.25) is 0 Å². The molecule has 2 aliphatic heterocycles. The number of piperidine rings is 1. The summed E-state index contributed by atoms with van der Waals surface area (Å²) in [6.07, 6.45) is 1.08. The molecular weight excluding hydrogens is 380 g/mol. The van der Waals surface area contributed by atoms with Crippen molar-refractivity contribution >= 4 is 17.6 Å². The van der Waals surface area contributed by atoms with E-state index in [-0.39, 0.29) is 43.5 Å². The molecule has 0 radical (unpaired) electrons. The molecular formula is C20H26N2O7. The van der Waals surface area contributed by atoms with E-state index in [9.17, 15) is 19.7 Å². The summed E-state index contributed by atoms with van der Waals surface area (Å²) in [5, 5.41) is 11.2. The van der Waals surface area contributed by atoms with Crippen molar-refractivity contribution in [2.45, 2.75) is 46.8 Å². The monoisotopic (exact) mass is 406 g/mol. The lowest BCUT2D eigenvalue weighted by atomic mass is 9.91. The standard InChI is InChI=1S/C20H26N2O7/c1-20(2,3)19(24)21-6-4-13(5-7-21)18(23)28-11-15-9-16(22(25)26)8-14-10-27-12-29-17(14)15/h8-9,13H,4-7,10-12H2,1-3H3. The van der Waals surface area contributed by atoms with E-state index in [0.717, 1.165) is 0 Å². The molecule has 0 aliphatic carbocycles. The molecule has 0 atom stereocenters. The Morgan fingerprint density at radius 2 is 1.97 bits per heavy atom. The molecule has 0 bridgehead atoms. The average molecular weight is 406 g/mol. The fraction of sp³-hybridized carbons (Fsp3) is 0.600. The zero-order chi connectivity index (χ0) is 21.2. The number of nitro benzene ring substituents is 1. The first-order valence-electron chi connectivity index (χ1n) is 9.63. The van der Waals surface area contributed by atoms with Crippen molar-refractivity contribution in [1.29, 1.82) is 0 Å². The summed E-state index contributed by atoms with van der Waals surface area (Å²) in [4.78, 5) is 37.3. The minimum absolute atomic E-state index is 0.0476. The molecule has 1 aromatic carbocycles. The number of non-ortho nitro benzene ring substituents is 1. The van der Waals surface area contributed by atoms with Gasteiger partial charge in [-0.3, -0.25) is 19.7 Å². The van der Waals surface area contributed by atoms with E-state index in [4.69, 9.17) is 14.2 Å². The van der Waals surface area contributed by atoms with E-state index in [1.54, 1.807) is 4.90 Å². The van der Waals surface area contributed by atoms with Gasteiger partial charge in [0.1, 0.15) is 12.4 Å². The predicted octanol–water partition coefficient (Wildman–Crippen LogP) is 2.79. The van der Waals surface area contributed by atoms with Crippen LogP contribution in [-0.2, 0) is 32.3 Å². The smallest absolute Gasteiger partial charge is 0.309 e. The van der Waals surface area contributed by atoms with E-state index in [1.165, 1.54) is 12.1 Å². The van der Waals surface area contributed by atoms with Crippen LogP contribution >= 0.6 is 0 Å². The van der Waals surface area contributed by atoms with Gasteiger partial charge in [0.25, 0.3) is 5.69 Å². The minimum atomic E-state index is -0.498. The lowest BCUT2D eigenvalue weighted by Gasteiger charge is -2.35. The number of ether oxygens (including phenoxy) is 3. The zero-order valence-corrected chi connectivity index (χ0v) is 16.9. The van der Waals surface area contributed by atoms with Gasteiger partial charge in [-0.05, 0) is 12.8 Å². The molecule has 0 N–H and O–H groups in total. The third-order valence-corrected chi connectivity index (χ3v) is 5.11. The first-order chi connectivity index (χ1) is 13.7. The molecule has 2 heterocycles. The molecule has 0 unspecified atom stereocenters. The van der Waals surface area contributed by atoms with Gasteiger partial charge in [0, 0.05) is 41.8 Å². The summed E-state index contributed by atoms with van der Waals surface area (Å²) >= 11 is 0. The molecule has 0 saturated carbocycles. The molecule has 1 saturated heterocycles. The summed E-state index contributed by atoms with van der Waals surface area (Å²) in [5.41, 5.74) is 0.465. The molecule has 9 nitrogen and oxygen atoms in total. The largest absolute Gasteiger partial charge is 0.467 e. The molecule has 1 aromatic rings. The number of carbonyl (C=O) groups is 2. The van der Waals surface area contributed by atoms with Gasteiger partial charge in [-0.25, -0.2) is 0 Å². The van der Waals surface area contributed by atoms with Crippen LogP contribution in [0.1, 0.15) is 44.7 Å². The highest BCUT2D eigenvalue weighted by atomic mass is 16.7. The molecule has 0 aromatic heterocycles. The highest BCUT2D eigenvalue weighted by Gasteiger charge is 2.33. The highest BCUT2D eigenvalue weighted by Crippen LogP contribution is 2.33. The number of esters is 1. The second-order valence-corrected chi connectivity index (χ2v) is 8.39. The van der Waals surface area contributed by atoms with Crippen molar-refractivity contribution in [1.82, 2.24) is 4.90 Å². The Hall–Kier alpha value is -2.68. The van der Waals surface area contributed by atoms with Crippen LogP contribution in [0.25, 0.3) is 0 Å². The van der Waals surface area contributed by atoms with Crippen LogP contribution in [-0.4, -0.2) is 41.6 Å². The normalized spacial score (nSPS) is 17.3. The number of likely N-dealkylation sites (tertiary alicyclic amines) is 1. The molecule has 29 heavy (non-hydrogen) atoms. The van der Waals surface area contributed by atoms with E-state index < -0.39 is 10.3 Å². The Balaban J connectivity index is 1.61. The van der Waals surface area contributed by atoms with Crippen molar-refractivity contribution in [3.63, 3.8) is 0 Å². The average Bonchev–Trinajstić information content (AvgIpc) is 2.70. The maximum Gasteiger partial charge on any atom is 0.309 e. The van der Waals surface area contributed by atoms with E-state index in [0.29, 0.717) is 42.8 Å². The van der Waals surface area contributed by atoms with Gasteiger partial charge in [0.15, 0.2) is 6.79 Å². The van der Waals surface area contributed by atoms with Gasteiger partial charge < -0.3 is 19.1 Å². The van der Waals surface area contributed by atoms with Gasteiger partial charge in [0.2, 0.25) is 5.91 Å². The molecule has 9 heteroatoms. The number of benzene rings is 1. The Morgan fingerprint density at radius 3 is 2.59 bits per heavy atom. The summed E-state index contributed by atoms with van der Waals surface area (Å²) in [5.74, 6) is -0.106. The molecule has 2 aliphatic rings. The number of hydrogen-bond acceptors (Lipinski definition) is 7. The molecule has 158 valence electrons. The molecule has 3 rings (SSSR count). The minimum Gasteiger partial charge on any atom is -0.467 e. The predicted molar refractivity (Wildman–Crippen MR) is 102 cm³/mol. The van der Waals surface area contributed by atoms with Gasteiger partial charge in [0.05, 0.1) is 17.4 Å². The SMILES string of the molecule is CC(C)(C)C(=O)N1CCC(C(=O)OCc2cc([N+](=O)[O-])cc3c2OCOC3)CC1. The van der Waals surface area contributed by atoms with Crippen LogP contribution in [0.15, 0.2) is 12.1 Å². The second-order valence-electron chi connectivity index (χ2n) is 8.39. The van der Waals surface area contributed by atoms with Crippen LogP contribution < -0.4 is 4.74 Å². The summed E-state index contributed by atoms with van der Waals surface area (Å²) in [6.45, 7) is 6.81. The summed E-state index contributed by atoms with van der Waals surface area (Å²) < 4.78 is 16.1. The number of rotatable bonds is 4. The lowest BCUT2D eigenvalue weighted by molar-refractivity contribution is -0.385. The fourth-order valence-electron chi connectivity index (χ4n) is 3.55. The number of fused-ring (bicyclic) bond motifs is 1. The van der Waals surface area contributed by atoms with Crippen molar-refractivity contribution in [3.8, 4) is 5.75 Å². The number of carbonyl (C=O) groups excluding carboxylic acids is 2. The Morgan fingerprint density at radius 1 is 1.28 bits per heavy atom. The molecule has 1 amide bonds. The summed E-state index contributed by atoms with van der Waals surface area (Å²) in [7, 11) is 0. The first kappa shape index (κ1) is 21.0. The zero-order valence-electron chi connectivity index (χ0n) is 16.9. The lowest BCUT2D eigenvalue weighted by Crippen LogP contribution is -2.45. The van der Waals surface area contributed by atoms with Gasteiger partial charge in [-0.15, -0.1) is 0 Å². The van der Waals surface area contributed by atoms with Crippen LogP contribution in [0.4, 0.5) is 5.69 Å². The first-order valence-corrected chi connectivity index (χ1v) is 9.63. The van der Waals surface area contributed by atoms with Crippen molar-refractivity contribution in [2.24, 2.45) is 11.3 Å². The number of nitro groups is 1. The van der Waals surface area contributed by atoms with Gasteiger partial charge in [-0.2, -0.15) is 0 Å². The van der Waals surface area contributed by atoms with Gasteiger partial charge >= 0.3 is 5.97 Å². The van der Waals surface area contributed by atoms with Crippen molar-refractivity contribution in [3.05, 3.63) is 33.4 Å². The van der Waals surface area contributed by atoms with Crippen LogP contribution in [0, 0.1) is 21.4 Å². The third kappa shape index (κ3) is 4.84. The number of nitrogens with zero attached hydrogens (tertiary/aromatic N) is 2. The Labute approximate surface area is 169 Å². The van der Waals surface area contributed by atoms with Crippen LogP contribution in [0.3, 0.4) is 0 Å². The third-order valence-electron chi connectivity index (χ3n) is 5.11. The summed E-state index contributed by atoms with van der Waals surface area (Å²) in [6, 6.07) is 2.77. The van der Waals surface area contributed by atoms with Gasteiger partial charge in [-0.1, -0.05) is 20.8 Å². The number of amides is 1. The quantitative estimate of drug-likeness (QED) is 0.430. The van der Waals surface area contributed by atoms with Crippen molar-refractivity contribution in [2.75, 3.05) is 19.9 Å². The second kappa shape index (κ2) is 8.36.